The minimum absolute atomic E-state index is 0.0459. The van der Waals surface area contributed by atoms with E-state index < -0.39 is 15.7 Å². The normalized spacial score (nSPS) is 11.2. The van der Waals surface area contributed by atoms with E-state index in [1.807, 2.05) is 0 Å². The van der Waals surface area contributed by atoms with Crippen LogP contribution in [0.5, 0.6) is 5.75 Å². The summed E-state index contributed by atoms with van der Waals surface area (Å²) >= 11 is 1.37. The molecular formula is C13H13NO4S2. The van der Waals surface area contributed by atoms with Crippen molar-refractivity contribution in [1.29, 1.82) is 0 Å². The van der Waals surface area contributed by atoms with E-state index in [1.54, 1.807) is 16.8 Å². The molecular weight excluding hydrogens is 298 g/mol. The summed E-state index contributed by atoms with van der Waals surface area (Å²) in [6.07, 6.45) is 0. The SMILES string of the molecule is CCS(=O)(=O)c1ccc(O)c(NC(=O)c2ccsc2)c1. The number of thiophene rings is 1. The van der Waals surface area contributed by atoms with Crippen LogP contribution in [0.25, 0.3) is 0 Å². The molecule has 1 heterocycles. The van der Waals surface area contributed by atoms with Gasteiger partial charge < -0.3 is 10.4 Å². The molecule has 0 aliphatic heterocycles. The maximum atomic E-state index is 11.9. The number of anilines is 1. The van der Waals surface area contributed by atoms with Gasteiger partial charge in [0, 0.05) is 5.38 Å². The largest absolute Gasteiger partial charge is 0.506 e. The summed E-state index contributed by atoms with van der Waals surface area (Å²) in [4.78, 5) is 12.0. The third-order valence-corrected chi connectivity index (χ3v) is 5.15. The van der Waals surface area contributed by atoms with Crippen LogP contribution in [0.4, 0.5) is 5.69 Å². The molecule has 0 fully saturated rings. The highest BCUT2D eigenvalue weighted by atomic mass is 32.2. The molecule has 2 aromatic rings. The lowest BCUT2D eigenvalue weighted by Crippen LogP contribution is -2.12. The zero-order valence-corrected chi connectivity index (χ0v) is 12.3. The van der Waals surface area contributed by atoms with Crippen molar-refractivity contribution in [2.24, 2.45) is 0 Å². The lowest BCUT2D eigenvalue weighted by molar-refractivity contribution is 0.102. The number of phenolic OH excluding ortho intramolecular Hbond substituents is 1. The van der Waals surface area contributed by atoms with E-state index in [9.17, 15) is 18.3 Å². The smallest absolute Gasteiger partial charge is 0.256 e. The van der Waals surface area contributed by atoms with Crippen LogP contribution >= 0.6 is 11.3 Å². The molecule has 106 valence electrons. The minimum Gasteiger partial charge on any atom is -0.506 e. The predicted molar refractivity (Wildman–Crippen MR) is 78.1 cm³/mol. The molecule has 1 aromatic heterocycles. The van der Waals surface area contributed by atoms with Crippen molar-refractivity contribution in [3.8, 4) is 5.75 Å². The fraction of sp³-hybridized carbons (Fsp3) is 0.154. The van der Waals surface area contributed by atoms with Gasteiger partial charge in [-0.05, 0) is 29.6 Å². The third-order valence-electron chi connectivity index (χ3n) is 2.74. The second-order valence-corrected chi connectivity index (χ2v) is 7.11. The fourth-order valence-electron chi connectivity index (χ4n) is 1.56. The molecule has 2 N–H and O–H groups in total. The number of sulfone groups is 1. The Balaban J connectivity index is 2.33. The van der Waals surface area contributed by atoms with Crippen molar-refractivity contribution in [2.75, 3.05) is 11.1 Å². The third kappa shape index (κ3) is 3.00. The van der Waals surface area contributed by atoms with Gasteiger partial charge in [0.25, 0.3) is 5.91 Å². The molecule has 5 nitrogen and oxygen atoms in total. The number of carbonyl (C=O) groups excluding carboxylic acids is 1. The van der Waals surface area contributed by atoms with Gasteiger partial charge in [0.1, 0.15) is 5.75 Å². The Morgan fingerprint density at radius 2 is 2.10 bits per heavy atom. The molecule has 1 aromatic carbocycles. The fourth-order valence-corrected chi connectivity index (χ4v) is 3.11. The van der Waals surface area contributed by atoms with Crippen LogP contribution in [-0.2, 0) is 9.84 Å². The number of rotatable bonds is 4. The van der Waals surface area contributed by atoms with Gasteiger partial charge in [-0.3, -0.25) is 4.79 Å². The number of phenols is 1. The van der Waals surface area contributed by atoms with Crippen molar-refractivity contribution in [2.45, 2.75) is 11.8 Å². The van der Waals surface area contributed by atoms with E-state index >= 15 is 0 Å². The zero-order chi connectivity index (χ0) is 14.8. The quantitative estimate of drug-likeness (QED) is 0.850. The predicted octanol–water partition coefficient (Wildman–Crippen LogP) is 2.50. The summed E-state index contributed by atoms with van der Waals surface area (Å²) in [6.45, 7) is 1.53. The number of carbonyl (C=O) groups is 1. The van der Waals surface area contributed by atoms with Crippen LogP contribution in [0.3, 0.4) is 0 Å². The molecule has 0 aliphatic carbocycles. The number of aromatic hydroxyl groups is 1. The molecule has 0 aliphatic rings. The Hall–Kier alpha value is -1.86. The number of hydrogen-bond donors (Lipinski definition) is 2. The van der Waals surface area contributed by atoms with Gasteiger partial charge in [-0.25, -0.2) is 8.42 Å². The molecule has 20 heavy (non-hydrogen) atoms. The van der Waals surface area contributed by atoms with Gasteiger partial charge >= 0.3 is 0 Å². The summed E-state index contributed by atoms with van der Waals surface area (Å²) in [6, 6.07) is 5.47. The minimum atomic E-state index is -3.39. The van der Waals surface area contributed by atoms with Crippen LogP contribution < -0.4 is 5.32 Å². The maximum Gasteiger partial charge on any atom is 0.256 e. The second-order valence-electron chi connectivity index (χ2n) is 4.05. The van der Waals surface area contributed by atoms with Crippen molar-refractivity contribution in [3.63, 3.8) is 0 Å². The standard InChI is InChI=1S/C13H13NO4S2/c1-2-20(17,18)10-3-4-12(15)11(7-10)14-13(16)9-5-6-19-8-9/h3-8,15H,2H2,1H3,(H,14,16). The zero-order valence-electron chi connectivity index (χ0n) is 10.7. The summed E-state index contributed by atoms with van der Waals surface area (Å²) in [7, 11) is -3.39. The number of nitrogens with one attached hydrogen (secondary N) is 1. The van der Waals surface area contributed by atoms with Crippen LogP contribution in [0.2, 0.25) is 0 Å². The van der Waals surface area contributed by atoms with E-state index in [2.05, 4.69) is 5.32 Å². The van der Waals surface area contributed by atoms with Gasteiger partial charge in [-0.2, -0.15) is 11.3 Å². The Bertz CT molecular complexity index is 721. The Labute approximate surface area is 120 Å². The van der Waals surface area contributed by atoms with Crippen LogP contribution in [0.15, 0.2) is 39.9 Å². The van der Waals surface area contributed by atoms with E-state index in [0.29, 0.717) is 5.56 Å². The van der Waals surface area contributed by atoms with Gasteiger partial charge in [0.15, 0.2) is 9.84 Å². The van der Waals surface area contributed by atoms with Crippen molar-refractivity contribution < 1.29 is 18.3 Å². The molecule has 0 saturated carbocycles. The van der Waals surface area contributed by atoms with Crippen molar-refractivity contribution in [3.05, 3.63) is 40.6 Å². The van der Waals surface area contributed by atoms with Crippen LogP contribution in [0, 0.1) is 0 Å². The first-order valence-electron chi connectivity index (χ1n) is 5.83. The number of benzene rings is 1. The van der Waals surface area contributed by atoms with Crippen molar-refractivity contribution >= 4 is 32.8 Å². The summed E-state index contributed by atoms with van der Waals surface area (Å²) in [5.74, 6) is -0.619. The molecule has 0 saturated heterocycles. The number of amides is 1. The monoisotopic (exact) mass is 311 g/mol. The van der Waals surface area contributed by atoms with Gasteiger partial charge in [-0.1, -0.05) is 6.92 Å². The van der Waals surface area contributed by atoms with E-state index in [-0.39, 0.29) is 22.1 Å². The van der Waals surface area contributed by atoms with Gasteiger partial charge in [0.05, 0.1) is 21.9 Å². The number of hydrogen-bond acceptors (Lipinski definition) is 5. The first-order valence-corrected chi connectivity index (χ1v) is 8.43. The average Bonchev–Trinajstić information content (AvgIpc) is 2.95. The lowest BCUT2D eigenvalue weighted by atomic mass is 10.2. The first-order chi connectivity index (χ1) is 9.44. The Morgan fingerprint density at radius 1 is 1.35 bits per heavy atom. The molecule has 0 unspecified atom stereocenters. The second kappa shape index (κ2) is 5.64. The molecule has 0 radical (unpaired) electrons. The van der Waals surface area contributed by atoms with Crippen LogP contribution in [-0.4, -0.2) is 25.2 Å². The highest BCUT2D eigenvalue weighted by Crippen LogP contribution is 2.27. The summed E-state index contributed by atoms with van der Waals surface area (Å²) < 4.78 is 23.6. The van der Waals surface area contributed by atoms with E-state index in [4.69, 9.17) is 0 Å². The topological polar surface area (TPSA) is 83.5 Å². The highest BCUT2D eigenvalue weighted by Gasteiger charge is 2.15. The molecule has 0 atom stereocenters. The van der Waals surface area contributed by atoms with E-state index in [1.165, 1.54) is 36.5 Å². The molecule has 2 rings (SSSR count). The molecule has 1 amide bonds. The maximum absolute atomic E-state index is 11.9. The average molecular weight is 311 g/mol. The van der Waals surface area contributed by atoms with Gasteiger partial charge in [0.2, 0.25) is 0 Å². The van der Waals surface area contributed by atoms with Crippen molar-refractivity contribution in [1.82, 2.24) is 0 Å². The molecule has 7 heteroatoms. The molecule has 0 spiro atoms. The van der Waals surface area contributed by atoms with Crippen LogP contribution in [0.1, 0.15) is 17.3 Å². The lowest BCUT2D eigenvalue weighted by Gasteiger charge is -2.09. The summed E-state index contributed by atoms with van der Waals surface area (Å²) in [5.41, 5.74) is 0.536. The Kier molecular flexibility index (Phi) is 4.10. The molecule has 0 bridgehead atoms. The Morgan fingerprint density at radius 3 is 2.70 bits per heavy atom. The van der Waals surface area contributed by atoms with Gasteiger partial charge in [-0.15, -0.1) is 0 Å². The highest BCUT2D eigenvalue weighted by molar-refractivity contribution is 7.91. The summed E-state index contributed by atoms with van der Waals surface area (Å²) in [5, 5.41) is 15.6. The van der Waals surface area contributed by atoms with E-state index in [0.717, 1.165) is 0 Å². The first kappa shape index (κ1) is 14.5.